The molecule has 1 aliphatic heterocycles. The highest BCUT2D eigenvalue weighted by molar-refractivity contribution is 5.96. The largest absolute Gasteiger partial charge is 0.333 e. The number of hydrogen-bond acceptors (Lipinski definition) is 2. The Bertz CT molecular complexity index is 362. The molecule has 4 nitrogen and oxygen atoms in total. The van der Waals surface area contributed by atoms with Crippen molar-refractivity contribution in [2.24, 2.45) is 0 Å². The lowest BCUT2D eigenvalue weighted by atomic mass is 9.99. The minimum absolute atomic E-state index is 0.0903. The molecule has 1 amide bonds. The second-order valence-electron chi connectivity index (χ2n) is 4.64. The Morgan fingerprint density at radius 2 is 2.21 bits per heavy atom. The normalized spacial score (nSPS) is 17.1. The average Bonchev–Trinajstić information content (AvgIpc) is 2.50. The fourth-order valence-corrected chi connectivity index (χ4v) is 1.80. The summed E-state index contributed by atoms with van der Waals surface area (Å²) in [6.45, 7) is 6.93. The molecule has 0 aliphatic carbocycles. The zero-order valence-corrected chi connectivity index (χ0v) is 8.79. The Morgan fingerprint density at radius 1 is 1.50 bits per heavy atom. The van der Waals surface area contributed by atoms with E-state index in [0.29, 0.717) is 0 Å². The van der Waals surface area contributed by atoms with Crippen LogP contribution in [0.1, 0.15) is 36.8 Å². The lowest BCUT2D eigenvalue weighted by molar-refractivity contribution is 0.0561. The first-order chi connectivity index (χ1) is 6.50. The minimum atomic E-state index is -0.105. The average molecular weight is 193 g/mol. The molecule has 4 heteroatoms. The summed E-state index contributed by atoms with van der Waals surface area (Å²) in [4.78, 5) is 13.9. The van der Waals surface area contributed by atoms with Crippen LogP contribution in [0.4, 0.5) is 0 Å². The molecule has 76 valence electrons. The van der Waals surface area contributed by atoms with Crippen molar-refractivity contribution in [2.45, 2.75) is 32.7 Å². The molecule has 1 aromatic heterocycles. The van der Waals surface area contributed by atoms with Crippen molar-refractivity contribution < 1.29 is 4.79 Å². The van der Waals surface area contributed by atoms with Gasteiger partial charge in [0.15, 0.2) is 0 Å². The molecule has 1 aliphatic rings. The van der Waals surface area contributed by atoms with Gasteiger partial charge in [-0.25, -0.2) is 0 Å². The summed E-state index contributed by atoms with van der Waals surface area (Å²) in [7, 11) is 0. The predicted octanol–water partition coefficient (Wildman–Crippen LogP) is 1.21. The van der Waals surface area contributed by atoms with Crippen molar-refractivity contribution in [3.8, 4) is 0 Å². The Kier molecular flexibility index (Phi) is 1.87. The second-order valence-corrected chi connectivity index (χ2v) is 4.64. The summed E-state index contributed by atoms with van der Waals surface area (Å²) in [6, 6.07) is 0. The highest BCUT2D eigenvalue weighted by Crippen LogP contribution is 2.23. The molecule has 2 rings (SSSR count). The maximum Gasteiger partial charge on any atom is 0.257 e. The third-order valence-corrected chi connectivity index (χ3v) is 2.59. The van der Waals surface area contributed by atoms with Gasteiger partial charge < -0.3 is 4.90 Å². The number of nitrogens with zero attached hydrogens (tertiary/aromatic N) is 2. The lowest BCUT2D eigenvalue weighted by Gasteiger charge is -2.37. The molecule has 0 bridgehead atoms. The van der Waals surface area contributed by atoms with Crippen LogP contribution in [0.2, 0.25) is 0 Å². The summed E-state index contributed by atoms with van der Waals surface area (Å²) in [5.41, 5.74) is 1.59. The summed E-state index contributed by atoms with van der Waals surface area (Å²) in [5, 5.41) is 6.76. The fraction of sp³-hybridized carbons (Fsp3) is 0.600. The van der Waals surface area contributed by atoms with Gasteiger partial charge >= 0.3 is 0 Å². The maximum atomic E-state index is 12.0. The summed E-state index contributed by atoms with van der Waals surface area (Å²) < 4.78 is 0. The SMILES string of the molecule is CC(C)(C)N1CCc2[nH]ncc2C1=O. The molecule has 0 saturated carbocycles. The van der Waals surface area contributed by atoms with E-state index in [1.165, 1.54) is 0 Å². The number of fused-ring (bicyclic) bond motifs is 1. The molecular weight excluding hydrogens is 178 g/mol. The first-order valence-electron chi connectivity index (χ1n) is 4.84. The molecule has 1 aromatic rings. The van der Waals surface area contributed by atoms with Crippen LogP contribution >= 0.6 is 0 Å². The van der Waals surface area contributed by atoms with Crippen molar-refractivity contribution in [1.82, 2.24) is 15.1 Å². The number of carbonyl (C=O) groups excluding carboxylic acids is 1. The predicted molar refractivity (Wildman–Crippen MR) is 53.1 cm³/mol. The Labute approximate surface area is 83.3 Å². The number of nitrogens with one attached hydrogen (secondary N) is 1. The molecular formula is C10H15N3O. The van der Waals surface area contributed by atoms with E-state index >= 15 is 0 Å². The van der Waals surface area contributed by atoms with Gasteiger partial charge in [-0.15, -0.1) is 0 Å². The van der Waals surface area contributed by atoms with Gasteiger partial charge in [-0.3, -0.25) is 9.89 Å². The molecule has 0 aromatic carbocycles. The number of H-pyrrole nitrogens is 1. The zero-order chi connectivity index (χ0) is 10.3. The van der Waals surface area contributed by atoms with Crippen LogP contribution in [-0.4, -0.2) is 33.1 Å². The van der Waals surface area contributed by atoms with E-state index < -0.39 is 0 Å². The van der Waals surface area contributed by atoms with Gasteiger partial charge in [-0.2, -0.15) is 5.10 Å². The van der Waals surface area contributed by atoms with Crippen LogP contribution in [0.25, 0.3) is 0 Å². The zero-order valence-electron chi connectivity index (χ0n) is 8.79. The quantitative estimate of drug-likeness (QED) is 0.673. The molecule has 0 atom stereocenters. The maximum absolute atomic E-state index is 12.0. The molecule has 0 unspecified atom stereocenters. The van der Waals surface area contributed by atoms with Gasteiger partial charge in [0.1, 0.15) is 0 Å². The van der Waals surface area contributed by atoms with Gasteiger partial charge in [0.25, 0.3) is 5.91 Å². The number of carbonyl (C=O) groups is 1. The lowest BCUT2D eigenvalue weighted by Crippen LogP contribution is -2.49. The van der Waals surface area contributed by atoms with Crippen molar-refractivity contribution in [3.05, 3.63) is 17.5 Å². The first kappa shape index (κ1) is 9.24. The standard InChI is InChI=1S/C10H15N3O/c1-10(2,3)13-5-4-8-7(9(13)14)6-11-12-8/h6H,4-5H2,1-3H3,(H,11,12). The topological polar surface area (TPSA) is 49.0 Å². The van der Waals surface area contributed by atoms with E-state index in [1.54, 1.807) is 6.20 Å². The first-order valence-corrected chi connectivity index (χ1v) is 4.84. The van der Waals surface area contributed by atoms with E-state index in [1.807, 2.05) is 4.90 Å². The van der Waals surface area contributed by atoms with Gasteiger partial charge in [0.05, 0.1) is 11.8 Å². The molecule has 2 heterocycles. The molecule has 0 spiro atoms. The fourth-order valence-electron chi connectivity index (χ4n) is 1.80. The Balaban J connectivity index is 2.35. The third kappa shape index (κ3) is 1.31. The molecule has 1 N–H and O–H groups in total. The molecule has 0 saturated heterocycles. The molecule has 0 fully saturated rings. The number of amides is 1. The van der Waals surface area contributed by atoms with Crippen LogP contribution in [0, 0.1) is 0 Å². The number of rotatable bonds is 0. The molecule has 0 radical (unpaired) electrons. The van der Waals surface area contributed by atoms with Crippen molar-refractivity contribution in [3.63, 3.8) is 0 Å². The number of hydrogen-bond donors (Lipinski definition) is 1. The second kappa shape index (κ2) is 2.83. The minimum Gasteiger partial charge on any atom is -0.333 e. The van der Waals surface area contributed by atoms with Crippen LogP contribution in [0.5, 0.6) is 0 Å². The van der Waals surface area contributed by atoms with Crippen LogP contribution in [0.15, 0.2) is 6.20 Å². The van der Waals surface area contributed by atoms with Crippen LogP contribution in [-0.2, 0) is 6.42 Å². The highest BCUT2D eigenvalue weighted by atomic mass is 16.2. The van der Waals surface area contributed by atoms with Crippen LogP contribution in [0.3, 0.4) is 0 Å². The highest BCUT2D eigenvalue weighted by Gasteiger charge is 2.32. The monoisotopic (exact) mass is 193 g/mol. The van der Waals surface area contributed by atoms with Crippen molar-refractivity contribution in [2.75, 3.05) is 6.54 Å². The van der Waals surface area contributed by atoms with Gasteiger partial charge in [0, 0.05) is 24.2 Å². The van der Waals surface area contributed by atoms with Gasteiger partial charge in [-0.05, 0) is 20.8 Å². The Morgan fingerprint density at radius 3 is 2.86 bits per heavy atom. The molecule has 14 heavy (non-hydrogen) atoms. The number of aromatic amines is 1. The summed E-state index contributed by atoms with van der Waals surface area (Å²) in [6.07, 6.45) is 2.49. The van der Waals surface area contributed by atoms with Crippen molar-refractivity contribution >= 4 is 5.91 Å². The third-order valence-electron chi connectivity index (χ3n) is 2.59. The van der Waals surface area contributed by atoms with E-state index in [9.17, 15) is 4.79 Å². The van der Waals surface area contributed by atoms with Crippen molar-refractivity contribution in [1.29, 1.82) is 0 Å². The van der Waals surface area contributed by atoms with E-state index in [-0.39, 0.29) is 11.4 Å². The van der Waals surface area contributed by atoms with E-state index in [0.717, 1.165) is 24.2 Å². The summed E-state index contributed by atoms with van der Waals surface area (Å²) >= 11 is 0. The van der Waals surface area contributed by atoms with E-state index in [4.69, 9.17) is 0 Å². The van der Waals surface area contributed by atoms with E-state index in [2.05, 4.69) is 31.0 Å². The smallest absolute Gasteiger partial charge is 0.257 e. The van der Waals surface area contributed by atoms with Gasteiger partial charge in [-0.1, -0.05) is 0 Å². The number of aromatic nitrogens is 2. The Hall–Kier alpha value is -1.32. The van der Waals surface area contributed by atoms with Gasteiger partial charge in [0.2, 0.25) is 0 Å². The van der Waals surface area contributed by atoms with Crippen LogP contribution < -0.4 is 0 Å². The summed E-state index contributed by atoms with van der Waals surface area (Å²) in [5.74, 6) is 0.0903.